The van der Waals surface area contributed by atoms with E-state index in [0.717, 1.165) is 16.9 Å². The van der Waals surface area contributed by atoms with E-state index >= 15 is 0 Å². The predicted molar refractivity (Wildman–Crippen MR) is 98.9 cm³/mol. The second kappa shape index (κ2) is 7.45. The average molecular weight is 331 g/mol. The van der Waals surface area contributed by atoms with Crippen LogP contribution in [-0.4, -0.2) is 17.9 Å². The van der Waals surface area contributed by atoms with Crippen LogP contribution in [0.2, 0.25) is 0 Å². The van der Waals surface area contributed by atoms with Crippen LogP contribution in [0.5, 0.6) is 5.75 Å². The first kappa shape index (κ1) is 16.5. The van der Waals surface area contributed by atoms with E-state index in [-0.39, 0.29) is 11.3 Å². The van der Waals surface area contributed by atoms with Crippen LogP contribution in [-0.2, 0) is 0 Å². The number of ether oxygens (including phenoxy) is 1. The molecular weight excluding hydrogens is 314 g/mol. The molecule has 0 fully saturated rings. The van der Waals surface area contributed by atoms with Gasteiger partial charge in [-0.2, -0.15) is 0 Å². The molecule has 3 rings (SSSR count). The van der Waals surface area contributed by atoms with Crippen molar-refractivity contribution in [3.63, 3.8) is 0 Å². The van der Waals surface area contributed by atoms with Crippen molar-refractivity contribution in [3.8, 4) is 16.9 Å². The van der Waals surface area contributed by atoms with Crippen molar-refractivity contribution >= 4 is 11.9 Å². The molecule has 3 aromatic rings. The molecule has 0 atom stereocenters. The molecule has 1 heterocycles. The van der Waals surface area contributed by atoms with E-state index in [1.165, 1.54) is 6.08 Å². The number of pyridine rings is 1. The Labute approximate surface area is 145 Å². The number of rotatable bonds is 5. The molecule has 0 radical (unpaired) electrons. The second-order valence-corrected chi connectivity index (χ2v) is 5.43. The third kappa shape index (κ3) is 3.75. The fourth-order valence-corrected chi connectivity index (χ4v) is 2.55. The number of hydrogen-bond acceptors (Lipinski definition) is 3. The quantitative estimate of drug-likeness (QED) is 0.569. The van der Waals surface area contributed by atoms with E-state index in [2.05, 4.69) is 4.98 Å². The first-order chi connectivity index (χ1) is 12.2. The van der Waals surface area contributed by atoms with E-state index in [0.29, 0.717) is 5.56 Å². The zero-order valence-electron chi connectivity index (χ0n) is 13.7. The maximum absolute atomic E-state index is 12.6. The smallest absolute Gasteiger partial charge is 0.259 e. The van der Waals surface area contributed by atoms with Gasteiger partial charge in [-0.15, -0.1) is 0 Å². The molecule has 0 aliphatic carbocycles. The molecule has 0 saturated carbocycles. The number of nitrogens with one attached hydrogen (secondary N) is 1. The van der Waals surface area contributed by atoms with Crippen molar-refractivity contribution in [3.05, 3.63) is 94.4 Å². The number of hydrogen-bond donors (Lipinski definition) is 1. The molecule has 0 spiro atoms. The molecule has 25 heavy (non-hydrogen) atoms. The summed E-state index contributed by atoms with van der Waals surface area (Å²) in [4.78, 5) is 27.4. The number of carbonyl (C=O) groups is 1. The normalized spacial score (nSPS) is 10.8. The summed E-state index contributed by atoms with van der Waals surface area (Å²) in [6.07, 6.45) is 4.65. The number of aromatic amines is 1. The lowest BCUT2D eigenvalue weighted by Gasteiger charge is -2.06. The van der Waals surface area contributed by atoms with Gasteiger partial charge in [-0.25, -0.2) is 0 Å². The van der Waals surface area contributed by atoms with Crippen molar-refractivity contribution in [2.45, 2.75) is 0 Å². The highest BCUT2D eigenvalue weighted by Crippen LogP contribution is 2.21. The SMILES string of the molecule is COc1ccc(/C=C/C(=O)c2c(-c3ccccc3)cc[nH]c2=O)cc1. The lowest BCUT2D eigenvalue weighted by Crippen LogP contribution is -2.17. The first-order valence-electron chi connectivity index (χ1n) is 7.82. The van der Waals surface area contributed by atoms with Crippen molar-refractivity contribution in [2.24, 2.45) is 0 Å². The van der Waals surface area contributed by atoms with Crippen molar-refractivity contribution in [1.82, 2.24) is 4.98 Å². The van der Waals surface area contributed by atoms with Crippen LogP contribution in [0.4, 0.5) is 0 Å². The van der Waals surface area contributed by atoms with Gasteiger partial charge in [-0.05, 0) is 41.0 Å². The standard InChI is InChI=1S/C21H17NO3/c1-25-17-10-7-15(8-11-17)9-12-19(23)20-18(13-14-22-21(20)24)16-5-3-2-4-6-16/h2-14H,1H3,(H,22,24)/b12-9+. The lowest BCUT2D eigenvalue weighted by atomic mass is 9.98. The van der Waals surface area contributed by atoms with E-state index in [1.807, 2.05) is 54.6 Å². The Hall–Kier alpha value is -3.40. The summed E-state index contributed by atoms with van der Waals surface area (Å²) >= 11 is 0. The third-order valence-electron chi connectivity index (χ3n) is 3.83. The Morgan fingerprint density at radius 2 is 1.72 bits per heavy atom. The summed E-state index contributed by atoms with van der Waals surface area (Å²) < 4.78 is 5.11. The molecule has 0 aliphatic rings. The molecule has 0 aliphatic heterocycles. The number of benzene rings is 2. The van der Waals surface area contributed by atoms with Gasteiger partial charge in [-0.1, -0.05) is 48.5 Å². The van der Waals surface area contributed by atoms with Gasteiger partial charge in [0.05, 0.1) is 12.7 Å². The number of ketones is 1. The number of allylic oxidation sites excluding steroid dienone is 1. The molecule has 4 nitrogen and oxygen atoms in total. The van der Waals surface area contributed by atoms with Gasteiger partial charge in [0.2, 0.25) is 0 Å². The molecular formula is C21H17NO3. The summed E-state index contributed by atoms with van der Waals surface area (Å²) in [7, 11) is 1.60. The monoisotopic (exact) mass is 331 g/mol. The van der Waals surface area contributed by atoms with E-state index in [4.69, 9.17) is 4.74 Å². The largest absolute Gasteiger partial charge is 0.497 e. The number of methoxy groups -OCH3 is 1. The molecule has 0 amide bonds. The number of aromatic nitrogens is 1. The molecule has 4 heteroatoms. The van der Waals surface area contributed by atoms with Gasteiger partial charge in [0.25, 0.3) is 5.56 Å². The summed E-state index contributed by atoms with van der Waals surface area (Å²) in [5, 5.41) is 0. The van der Waals surface area contributed by atoms with E-state index < -0.39 is 5.56 Å². The van der Waals surface area contributed by atoms with Crippen LogP contribution in [0.3, 0.4) is 0 Å². The Morgan fingerprint density at radius 3 is 2.40 bits per heavy atom. The van der Waals surface area contributed by atoms with Gasteiger partial charge in [0.1, 0.15) is 5.75 Å². The second-order valence-electron chi connectivity index (χ2n) is 5.43. The molecule has 0 unspecified atom stereocenters. The van der Waals surface area contributed by atoms with Gasteiger partial charge >= 0.3 is 0 Å². The molecule has 2 aromatic carbocycles. The zero-order chi connectivity index (χ0) is 17.6. The summed E-state index contributed by atoms with van der Waals surface area (Å²) in [6, 6.07) is 18.4. The topological polar surface area (TPSA) is 59.2 Å². The molecule has 124 valence electrons. The van der Waals surface area contributed by atoms with Crippen LogP contribution in [0, 0.1) is 0 Å². The zero-order valence-corrected chi connectivity index (χ0v) is 13.7. The highest BCUT2D eigenvalue weighted by atomic mass is 16.5. The molecule has 0 saturated heterocycles. The number of carbonyl (C=O) groups excluding carboxylic acids is 1. The van der Waals surface area contributed by atoms with Gasteiger partial charge in [0.15, 0.2) is 5.78 Å². The maximum atomic E-state index is 12.6. The van der Waals surface area contributed by atoms with Gasteiger partial charge in [0, 0.05) is 6.20 Å². The molecule has 0 bridgehead atoms. The van der Waals surface area contributed by atoms with E-state index in [9.17, 15) is 9.59 Å². The Balaban J connectivity index is 1.94. The van der Waals surface area contributed by atoms with E-state index in [1.54, 1.807) is 25.4 Å². The maximum Gasteiger partial charge on any atom is 0.259 e. The highest BCUT2D eigenvalue weighted by Gasteiger charge is 2.14. The fraction of sp³-hybridized carbons (Fsp3) is 0.0476. The highest BCUT2D eigenvalue weighted by molar-refractivity contribution is 6.10. The van der Waals surface area contributed by atoms with Gasteiger partial charge < -0.3 is 9.72 Å². The van der Waals surface area contributed by atoms with Gasteiger partial charge in [-0.3, -0.25) is 9.59 Å². The Kier molecular flexibility index (Phi) is 4.90. The van der Waals surface area contributed by atoms with Crippen LogP contribution < -0.4 is 10.3 Å². The minimum Gasteiger partial charge on any atom is -0.497 e. The average Bonchev–Trinajstić information content (AvgIpc) is 2.67. The minimum atomic E-state index is -0.397. The lowest BCUT2D eigenvalue weighted by molar-refractivity contribution is 0.104. The molecule has 1 aromatic heterocycles. The fourth-order valence-electron chi connectivity index (χ4n) is 2.55. The third-order valence-corrected chi connectivity index (χ3v) is 3.83. The predicted octanol–water partition coefficient (Wildman–Crippen LogP) is 3.95. The van der Waals surface area contributed by atoms with Crippen molar-refractivity contribution in [1.29, 1.82) is 0 Å². The van der Waals surface area contributed by atoms with Crippen LogP contribution in [0.25, 0.3) is 17.2 Å². The minimum absolute atomic E-state index is 0.137. The van der Waals surface area contributed by atoms with Crippen LogP contribution >= 0.6 is 0 Å². The molecule has 1 N–H and O–H groups in total. The Bertz CT molecular complexity index is 954. The van der Waals surface area contributed by atoms with Crippen molar-refractivity contribution in [2.75, 3.05) is 7.11 Å². The first-order valence-corrected chi connectivity index (χ1v) is 7.82. The summed E-state index contributed by atoms with van der Waals surface area (Å²) in [5.41, 5.74) is 2.04. The summed E-state index contributed by atoms with van der Waals surface area (Å²) in [5.74, 6) is 0.408. The van der Waals surface area contributed by atoms with Crippen LogP contribution in [0.1, 0.15) is 15.9 Å². The van der Waals surface area contributed by atoms with Crippen LogP contribution in [0.15, 0.2) is 77.7 Å². The number of H-pyrrole nitrogens is 1. The summed E-state index contributed by atoms with van der Waals surface area (Å²) in [6.45, 7) is 0. The Morgan fingerprint density at radius 1 is 1.00 bits per heavy atom. The van der Waals surface area contributed by atoms with Crippen molar-refractivity contribution < 1.29 is 9.53 Å².